The molecular formula is C22H17Cl2NO5S. The second-order valence-electron chi connectivity index (χ2n) is 6.56. The highest BCUT2D eigenvalue weighted by molar-refractivity contribution is 7.92. The molecular weight excluding hydrogens is 461 g/mol. The van der Waals surface area contributed by atoms with Crippen LogP contribution in [0.4, 0.5) is 5.69 Å². The highest BCUT2D eigenvalue weighted by atomic mass is 35.5. The number of carbonyl (C=O) groups excluding carboxylic acids is 2. The molecule has 0 aliphatic heterocycles. The maximum atomic E-state index is 12.6. The van der Waals surface area contributed by atoms with Gasteiger partial charge in [-0.05, 0) is 61.5 Å². The van der Waals surface area contributed by atoms with E-state index in [9.17, 15) is 18.0 Å². The molecule has 0 saturated heterocycles. The van der Waals surface area contributed by atoms with Crippen molar-refractivity contribution in [2.24, 2.45) is 0 Å². The molecule has 0 spiro atoms. The van der Waals surface area contributed by atoms with Gasteiger partial charge in [-0.25, -0.2) is 13.2 Å². The van der Waals surface area contributed by atoms with Crippen molar-refractivity contribution in [3.63, 3.8) is 0 Å². The van der Waals surface area contributed by atoms with Crippen LogP contribution < -0.4 is 4.72 Å². The second-order valence-corrected chi connectivity index (χ2v) is 9.12. The van der Waals surface area contributed by atoms with Gasteiger partial charge in [0.05, 0.1) is 10.5 Å². The number of carbonyl (C=O) groups is 2. The van der Waals surface area contributed by atoms with E-state index in [-0.39, 0.29) is 10.5 Å². The lowest BCUT2D eigenvalue weighted by Crippen LogP contribution is -2.24. The summed E-state index contributed by atoms with van der Waals surface area (Å²) in [5.74, 6) is -1.25. The minimum absolute atomic E-state index is 0.00951. The SMILES string of the molecule is C[C@H](OC(=O)c1cccc(S(=O)(=O)Nc2ccc(Cl)cc2)c1)C(=O)c1cccc(Cl)c1. The zero-order valence-electron chi connectivity index (χ0n) is 16.2. The predicted molar refractivity (Wildman–Crippen MR) is 119 cm³/mol. The Morgan fingerprint density at radius 2 is 1.52 bits per heavy atom. The van der Waals surface area contributed by atoms with E-state index in [0.29, 0.717) is 21.3 Å². The second kappa shape index (κ2) is 9.51. The van der Waals surface area contributed by atoms with Crippen molar-refractivity contribution >= 4 is 50.7 Å². The van der Waals surface area contributed by atoms with Crippen LogP contribution in [0.5, 0.6) is 0 Å². The minimum atomic E-state index is -3.96. The van der Waals surface area contributed by atoms with Crippen molar-refractivity contribution in [2.45, 2.75) is 17.9 Å². The molecule has 6 nitrogen and oxygen atoms in total. The third kappa shape index (κ3) is 5.85. The zero-order chi connectivity index (χ0) is 22.6. The number of Topliss-reactive ketones (excluding diaryl/α,β-unsaturated/α-hetero) is 1. The van der Waals surface area contributed by atoms with Crippen LogP contribution >= 0.6 is 23.2 Å². The molecule has 0 aliphatic rings. The number of halogens is 2. The number of esters is 1. The number of ether oxygens (including phenoxy) is 1. The predicted octanol–water partition coefficient (Wildman–Crippen LogP) is 5.22. The number of rotatable bonds is 7. The summed E-state index contributed by atoms with van der Waals surface area (Å²) in [7, 11) is -3.96. The molecule has 0 amide bonds. The van der Waals surface area contributed by atoms with Gasteiger partial charge in [0, 0.05) is 21.3 Å². The molecule has 0 aliphatic carbocycles. The summed E-state index contributed by atoms with van der Waals surface area (Å²) in [6.07, 6.45) is -1.08. The van der Waals surface area contributed by atoms with Crippen LogP contribution in [0.15, 0.2) is 77.7 Å². The Hall–Kier alpha value is -2.87. The Morgan fingerprint density at radius 3 is 2.19 bits per heavy atom. The van der Waals surface area contributed by atoms with Crippen LogP contribution in [-0.2, 0) is 14.8 Å². The van der Waals surface area contributed by atoms with E-state index in [4.69, 9.17) is 27.9 Å². The van der Waals surface area contributed by atoms with E-state index in [1.54, 1.807) is 30.3 Å². The number of benzene rings is 3. The van der Waals surface area contributed by atoms with Crippen molar-refractivity contribution in [3.8, 4) is 0 Å². The van der Waals surface area contributed by atoms with E-state index in [1.807, 2.05) is 0 Å². The Kier molecular flexibility index (Phi) is 7.00. The molecule has 31 heavy (non-hydrogen) atoms. The monoisotopic (exact) mass is 477 g/mol. The smallest absolute Gasteiger partial charge is 0.338 e. The van der Waals surface area contributed by atoms with E-state index in [2.05, 4.69) is 4.72 Å². The molecule has 0 radical (unpaired) electrons. The quantitative estimate of drug-likeness (QED) is 0.372. The first-order valence-corrected chi connectivity index (χ1v) is 11.3. The maximum Gasteiger partial charge on any atom is 0.338 e. The van der Waals surface area contributed by atoms with Crippen LogP contribution in [0.25, 0.3) is 0 Å². The zero-order valence-corrected chi connectivity index (χ0v) is 18.5. The van der Waals surface area contributed by atoms with Crippen LogP contribution in [-0.4, -0.2) is 26.3 Å². The fourth-order valence-electron chi connectivity index (χ4n) is 2.68. The fraction of sp³-hybridized carbons (Fsp3) is 0.0909. The lowest BCUT2D eigenvalue weighted by atomic mass is 10.1. The normalized spacial score (nSPS) is 12.1. The molecule has 0 unspecified atom stereocenters. The highest BCUT2D eigenvalue weighted by Crippen LogP contribution is 2.20. The van der Waals surface area contributed by atoms with Gasteiger partial charge in [0.2, 0.25) is 5.78 Å². The molecule has 0 heterocycles. The summed E-state index contributed by atoms with van der Waals surface area (Å²) in [6.45, 7) is 1.43. The molecule has 9 heteroatoms. The third-order valence-electron chi connectivity index (χ3n) is 4.24. The van der Waals surface area contributed by atoms with E-state index in [0.717, 1.165) is 0 Å². The van der Waals surface area contributed by atoms with Gasteiger partial charge >= 0.3 is 5.97 Å². The van der Waals surface area contributed by atoms with Crippen molar-refractivity contribution < 1.29 is 22.7 Å². The van der Waals surface area contributed by atoms with Crippen LogP contribution in [0.1, 0.15) is 27.6 Å². The van der Waals surface area contributed by atoms with Gasteiger partial charge in [-0.15, -0.1) is 0 Å². The average Bonchev–Trinajstić information content (AvgIpc) is 2.74. The van der Waals surface area contributed by atoms with E-state index in [1.165, 1.54) is 49.4 Å². The topological polar surface area (TPSA) is 89.5 Å². The summed E-state index contributed by atoms with van der Waals surface area (Å²) < 4.78 is 32.9. The first-order chi connectivity index (χ1) is 14.7. The van der Waals surface area contributed by atoms with Gasteiger partial charge in [0.1, 0.15) is 0 Å². The minimum Gasteiger partial charge on any atom is -0.451 e. The van der Waals surface area contributed by atoms with Crippen molar-refractivity contribution in [3.05, 3.63) is 94.0 Å². The summed E-state index contributed by atoms with van der Waals surface area (Å²) >= 11 is 11.7. The Morgan fingerprint density at radius 1 is 0.871 bits per heavy atom. The van der Waals surface area contributed by atoms with Crippen molar-refractivity contribution in [1.29, 1.82) is 0 Å². The molecule has 0 saturated carbocycles. The number of nitrogens with one attached hydrogen (secondary N) is 1. The average molecular weight is 478 g/mol. The molecule has 1 atom stereocenters. The Labute approximate surface area is 189 Å². The van der Waals surface area contributed by atoms with Gasteiger partial charge in [0.25, 0.3) is 10.0 Å². The third-order valence-corrected chi connectivity index (χ3v) is 6.10. The van der Waals surface area contributed by atoms with Gasteiger partial charge < -0.3 is 4.74 Å². The van der Waals surface area contributed by atoms with Gasteiger partial charge in [-0.1, -0.05) is 41.4 Å². The van der Waals surface area contributed by atoms with Crippen LogP contribution in [0, 0.1) is 0 Å². The molecule has 3 aromatic rings. The number of anilines is 1. The Bertz CT molecular complexity index is 1230. The van der Waals surface area contributed by atoms with Crippen molar-refractivity contribution in [2.75, 3.05) is 4.72 Å². The van der Waals surface area contributed by atoms with E-state index < -0.39 is 27.9 Å². The number of ketones is 1. The largest absolute Gasteiger partial charge is 0.451 e. The van der Waals surface area contributed by atoms with Gasteiger partial charge in [-0.3, -0.25) is 9.52 Å². The summed E-state index contributed by atoms with van der Waals surface area (Å²) in [5.41, 5.74) is 0.610. The number of hydrogen-bond acceptors (Lipinski definition) is 5. The molecule has 3 aromatic carbocycles. The van der Waals surface area contributed by atoms with E-state index >= 15 is 0 Å². The van der Waals surface area contributed by atoms with Gasteiger partial charge in [-0.2, -0.15) is 0 Å². The highest BCUT2D eigenvalue weighted by Gasteiger charge is 2.22. The molecule has 3 rings (SSSR count). The first kappa shape index (κ1) is 22.8. The number of sulfonamides is 1. The lowest BCUT2D eigenvalue weighted by Gasteiger charge is -2.13. The van der Waals surface area contributed by atoms with Crippen molar-refractivity contribution in [1.82, 2.24) is 0 Å². The molecule has 0 bridgehead atoms. The standard InChI is InChI=1S/C22H17Cl2NO5S/c1-14(21(26)15-4-2-6-18(24)12-15)30-22(27)16-5-3-7-20(13-16)31(28,29)25-19-10-8-17(23)9-11-19/h2-14,25H,1H3/t14-/m0/s1. The Balaban J connectivity index is 1.75. The lowest BCUT2D eigenvalue weighted by molar-refractivity contribution is 0.0318. The number of hydrogen-bond donors (Lipinski definition) is 1. The molecule has 0 aromatic heterocycles. The first-order valence-electron chi connectivity index (χ1n) is 9.05. The van der Waals surface area contributed by atoms with Gasteiger partial charge in [0.15, 0.2) is 6.10 Å². The molecule has 1 N–H and O–H groups in total. The molecule has 0 fully saturated rings. The van der Waals surface area contributed by atoms with Crippen LogP contribution in [0.3, 0.4) is 0 Å². The molecule has 160 valence electrons. The fourth-order valence-corrected chi connectivity index (χ4v) is 4.10. The summed E-state index contributed by atoms with van der Waals surface area (Å²) in [5, 5.41) is 0.851. The maximum absolute atomic E-state index is 12.6. The summed E-state index contributed by atoms with van der Waals surface area (Å²) in [6, 6.07) is 17.7. The van der Waals surface area contributed by atoms with Crippen LogP contribution in [0.2, 0.25) is 10.0 Å². The summed E-state index contributed by atoms with van der Waals surface area (Å²) in [4.78, 5) is 24.8.